The summed E-state index contributed by atoms with van der Waals surface area (Å²) in [6.07, 6.45) is 26.4. The van der Waals surface area contributed by atoms with Crippen molar-refractivity contribution >= 4 is 93.6 Å². The van der Waals surface area contributed by atoms with E-state index in [0.29, 0.717) is 55.4 Å². The second-order valence-electron chi connectivity index (χ2n) is 31.6. The number of nitrogens with two attached hydrogens (primary N) is 4. The number of aromatic nitrogens is 8. The Kier molecular flexibility index (Phi) is 35.5. The molecule has 3 atom stereocenters. The van der Waals surface area contributed by atoms with Crippen molar-refractivity contribution in [3.8, 4) is 0 Å². The molecule has 2 saturated heterocycles. The van der Waals surface area contributed by atoms with E-state index in [-0.39, 0.29) is 112 Å². The molecule has 0 unspecified atom stereocenters. The predicted molar refractivity (Wildman–Crippen MR) is 460 cm³/mol. The number of amides is 2. The highest BCUT2D eigenvalue weighted by Crippen LogP contribution is 2.35. The highest BCUT2D eigenvalue weighted by Gasteiger charge is 2.34. The van der Waals surface area contributed by atoms with Gasteiger partial charge in [0.25, 0.3) is 0 Å². The van der Waals surface area contributed by atoms with Crippen LogP contribution in [0.25, 0.3) is 0 Å². The fraction of sp³-hybridized carbons (Fsp3) is 0.537. The number of piperidine rings is 2. The van der Waals surface area contributed by atoms with Gasteiger partial charge in [0.05, 0.1) is 33.9 Å². The molecule has 4 saturated carbocycles. The predicted octanol–water partition coefficient (Wildman–Crippen LogP) is 10.5. The van der Waals surface area contributed by atoms with Crippen LogP contribution in [0.15, 0.2) is 116 Å². The first-order chi connectivity index (χ1) is 59.0. The number of carbonyl (C=O) groups excluding carboxylic acids is 4. The van der Waals surface area contributed by atoms with Crippen LogP contribution in [0.4, 0.5) is 69.8 Å². The highest BCUT2D eigenvalue weighted by atomic mass is 16.6. The van der Waals surface area contributed by atoms with E-state index in [1.54, 1.807) is 24.3 Å². The molecule has 40 nitrogen and oxygen atoms in total. The molecule has 4 aromatic heterocycles. The molecule has 40 heteroatoms. The Hall–Kier alpha value is -12.3. The molecule has 16 N–H and O–H groups in total. The van der Waals surface area contributed by atoms with Gasteiger partial charge in [-0.15, -0.1) is 0 Å². The second kappa shape index (κ2) is 47.1. The van der Waals surface area contributed by atoms with Crippen LogP contribution in [0.5, 0.6) is 0 Å². The minimum Gasteiger partial charge on any atom is -0.468 e. The van der Waals surface area contributed by atoms with Crippen molar-refractivity contribution in [1.82, 2.24) is 49.7 Å². The van der Waals surface area contributed by atoms with E-state index in [4.69, 9.17) is 27.7 Å². The number of nitro groups is 4. The second-order valence-corrected chi connectivity index (χ2v) is 31.6. The number of anilines is 8. The number of methoxy groups -OCH3 is 2. The van der Waals surface area contributed by atoms with Gasteiger partial charge in [-0.1, -0.05) is 91.0 Å². The third kappa shape index (κ3) is 28.2. The summed E-state index contributed by atoms with van der Waals surface area (Å²) in [7, 11) is 2.56. The zero-order valence-electron chi connectivity index (χ0n) is 69.0. The van der Waals surface area contributed by atoms with E-state index in [9.17, 15) is 59.6 Å². The molecule has 2 aliphatic heterocycles. The number of likely N-dealkylation sites (tertiary alicyclic amines) is 2. The Labute approximate surface area is 707 Å². The molecule has 6 heterocycles. The monoisotopic (exact) mass is 1690 g/mol. The minimum absolute atomic E-state index is 0.0408. The lowest BCUT2D eigenvalue weighted by molar-refractivity contribution is -0.384. The molecule has 656 valence electrons. The van der Waals surface area contributed by atoms with Crippen LogP contribution in [-0.4, -0.2) is 190 Å². The first-order valence-corrected chi connectivity index (χ1v) is 41.9. The van der Waals surface area contributed by atoms with E-state index in [0.717, 1.165) is 191 Å². The maximum Gasteiger partial charge on any atom is 0.333 e. The van der Waals surface area contributed by atoms with Crippen molar-refractivity contribution in [2.75, 3.05) is 116 Å². The normalized spacial score (nSPS) is 20.8. The minimum atomic E-state index is -0.842. The van der Waals surface area contributed by atoms with Crippen LogP contribution in [0.1, 0.15) is 176 Å². The number of carbonyl (C=O) groups is 4. The van der Waals surface area contributed by atoms with Gasteiger partial charge in [0.2, 0.25) is 58.9 Å². The molecule has 6 aliphatic rings. The highest BCUT2D eigenvalue weighted by molar-refractivity contribution is 5.87. The van der Waals surface area contributed by atoms with Gasteiger partial charge in [-0.25, -0.2) is 24.7 Å². The maximum atomic E-state index is 13.4. The largest absolute Gasteiger partial charge is 0.468 e. The van der Waals surface area contributed by atoms with Crippen LogP contribution in [0.3, 0.4) is 0 Å². The standard InChI is InChI=1S/2C24H33N7O3.C20H26N6O4.C14H22N6O4/c2*25-19-11-9-17(10-12-19)15-26-22-20(31(33)34)16-27-24(29-22)28-21(18-7-3-1-4-8-18)23(32)30-13-5-2-6-14-30;1-30-19(27)17(14-5-3-2-4-6-14)24-20-23-12-16(26(28)29)18(25-20)22-11-13-7-9-15(21)10-8-13;1-24-12(21)8-18-14-17-7-11(20(22)23)13(19-14)16-6-9-2-4-10(15)5-3-9/h2*1,3-4,7-8,16-17,19,21H,2,5-6,9-15,25H2,(H2,26,27,28,29);2-6,12-13,15,17H,7-11,21H2,1H3,(H2,22,23,24,25);7,9-10H,2-6,8,15H2,1H3,(H2,16,17,18,19)/t2*17?,19?,21-;13?,15?,17-;/m101./s1. The molecule has 7 aromatic rings. The lowest BCUT2D eigenvalue weighted by Gasteiger charge is -2.31. The van der Waals surface area contributed by atoms with Crippen molar-refractivity contribution < 1.29 is 48.3 Å². The van der Waals surface area contributed by atoms with Gasteiger partial charge in [-0.3, -0.25) is 54.8 Å². The lowest BCUT2D eigenvalue weighted by Crippen LogP contribution is -2.41. The average Bonchev–Trinajstić information content (AvgIpc) is 0.832. The third-order valence-corrected chi connectivity index (χ3v) is 22.8. The number of nitrogens with zero attached hydrogens (tertiary/aromatic N) is 14. The number of nitrogens with one attached hydrogen (secondary N) is 8. The fourth-order valence-electron chi connectivity index (χ4n) is 15.5. The van der Waals surface area contributed by atoms with Crippen LogP contribution < -0.4 is 65.5 Å². The van der Waals surface area contributed by atoms with Crippen LogP contribution in [-0.2, 0) is 28.7 Å². The topological polar surface area (TPSA) is 569 Å². The summed E-state index contributed by atoms with van der Waals surface area (Å²) in [6.45, 7) is 5.09. The zero-order valence-corrected chi connectivity index (χ0v) is 69.0. The number of hydrogen-bond acceptors (Lipinski definition) is 34. The summed E-state index contributed by atoms with van der Waals surface area (Å²) < 4.78 is 9.38. The number of rotatable bonds is 31. The van der Waals surface area contributed by atoms with Gasteiger partial charge < -0.3 is 84.7 Å². The van der Waals surface area contributed by atoms with Gasteiger partial charge in [0, 0.05) is 76.5 Å². The van der Waals surface area contributed by atoms with E-state index >= 15 is 0 Å². The van der Waals surface area contributed by atoms with Crippen LogP contribution >= 0.6 is 0 Å². The Bertz CT molecular complexity index is 4370. The Balaban J connectivity index is 0.000000172. The first-order valence-electron chi connectivity index (χ1n) is 41.9. The van der Waals surface area contributed by atoms with Gasteiger partial charge in [-0.2, -0.15) is 19.9 Å². The fourth-order valence-corrected chi connectivity index (χ4v) is 15.5. The molecular weight excluding hydrogens is 1570 g/mol. The third-order valence-electron chi connectivity index (χ3n) is 22.8. The van der Waals surface area contributed by atoms with Crippen molar-refractivity contribution in [1.29, 1.82) is 0 Å². The average molecular weight is 1690 g/mol. The summed E-state index contributed by atoms with van der Waals surface area (Å²) in [5.74, 6) is 1.64. The van der Waals surface area contributed by atoms with Gasteiger partial charge >= 0.3 is 34.7 Å². The molecule has 0 spiro atoms. The summed E-state index contributed by atoms with van der Waals surface area (Å²) in [5.41, 5.74) is 25.3. The summed E-state index contributed by atoms with van der Waals surface area (Å²) in [4.78, 5) is 131. The molecule has 0 radical (unpaired) electrons. The van der Waals surface area contributed by atoms with E-state index in [1.165, 1.54) is 26.6 Å². The quantitative estimate of drug-likeness (QED) is 0.0109. The SMILES string of the molecule is COC(=O)CNc1ncc([N+](=O)[O-])c(NCC2CCC(N)CC2)n1.COC(=O)[C@H](Nc1ncc([N+](=O)[O-])c(NCC2CCC(N)CC2)n1)c1ccccc1.NC1CCC(CNc2nc(N[C@@H](C(=O)N3CCCCC3)c3ccccc3)ncc2[N+](=O)[O-])CC1.NC1CCC(CNc2nc(N[C@H](C(=O)N3CCCCC3)c3ccccc3)ncc2[N+](=O)[O-])CC1. The first kappa shape index (κ1) is 92.0. The number of ether oxygens (including phenoxy) is 2. The van der Waals surface area contributed by atoms with Crippen LogP contribution in [0.2, 0.25) is 0 Å². The Morgan fingerprint density at radius 2 is 0.639 bits per heavy atom. The number of esters is 2. The Morgan fingerprint density at radius 3 is 0.910 bits per heavy atom. The molecule has 2 amide bonds. The molecule has 13 rings (SSSR count). The maximum absolute atomic E-state index is 13.4. The lowest BCUT2D eigenvalue weighted by atomic mass is 9.86. The van der Waals surface area contributed by atoms with E-state index in [1.807, 2.05) is 76.5 Å². The van der Waals surface area contributed by atoms with Crippen molar-refractivity contribution in [2.45, 2.75) is 184 Å². The van der Waals surface area contributed by atoms with Gasteiger partial charge in [0.15, 0.2) is 6.04 Å². The van der Waals surface area contributed by atoms with Gasteiger partial charge in [0.1, 0.15) is 43.4 Å². The van der Waals surface area contributed by atoms with Crippen LogP contribution in [0, 0.1) is 64.1 Å². The molecule has 4 aliphatic carbocycles. The van der Waals surface area contributed by atoms with Gasteiger partial charge in [-0.05, 0) is 182 Å². The Morgan fingerprint density at radius 1 is 0.377 bits per heavy atom. The van der Waals surface area contributed by atoms with Crippen molar-refractivity contribution in [3.63, 3.8) is 0 Å². The van der Waals surface area contributed by atoms with Crippen molar-refractivity contribution in [2.24, 2.45) is 46.6 Å². The molecular formula is C82H114N26O14. The van der Waals surface area contributed by atoms with E-state index in [2.05, 4.69) is 87.1 Å². The number of hydrogen-bond donors (Lipinski definition) is 12. The van der Waals surface area contributed by atoms with Crippen molar-refractivity contribution in [3.05, 3.63) is 173 Å². The molecule has 122 heavy (non-hydrogen) atoms. The molecule has 6 fully saturated rings. The summed E-state index contributed by atoms with van der Waals surface area (Å²) in [5, 5.41) is 70.0. The van der Waals surface area contributed by atoms with E-state index < -0.39 is 49.8 Å². The number of benzene rings is 3. The summed E-state index contributed by atoms with van der Waals surface area (Å²) in [6, 6.07) is 26.6. The molecule has 3 aromatic carbocycles. The zero-order chi connectivity index (χ0) is 86.9. The smallest absolute Gasteiger partial charge is 0.333 e. The summed E-state index contributed by atoms with van der Waals surface area (Å²) >= 11 is 0. The molecule has 0 bridgehead atoms.